The number of benzene rings is 1. The van der Waals surface area contributed by atoms with Gasteiger partial charge in [-0.3, -0.25) is 0 Å². The first-order chi connectivity index (χ1) is 12.9. The molecule has 2 nitrogen and oxygen atoms in total. The van der Waals surface area contributed by atoms with Crippen LogP contribution in [0.3, 0.4) is 0 Å². The van der Waals surface area contributed by atoms with E-state index in [0.717, 1.165) is 25.7 Å². The zero-order valence-corrected chi connectivity index (χ0v) is 21.3. The van der Waals surface area contributed by atoms with Crippen molar-refractivity contribution in [2.24, 2.45) is 5.41 Å². The van der Waals surface area contributed by atoms with E-state index in [1.165, 1.54) is 10.0 Å². The summed E-state index contributed by atoms with van der Waals surface area (Å²) < 4.78 is 8.00. The van der Waals surface area contributed by atoms with Crippen LogP contribution in [0.4, 0.5) is 0 Å². The van der Waals surface area contributed by atoms with Crippen molar-refractivity contribution in [1.82, 2.24) is 0 Å². The molecule has 0 heterocycles. The molecular weight excluding hydrogens is 427 g/mol. The normalized spacial score (nSPS) is 31.3. The van der Waals surface area contributed by atoms with Gasteiger partial charge in [-0.05, 0) is 0 Å². The first-order valence-corrected chi connectivity index (χ1v) is 15.2. The van der Waals surface area contributed by atoms with Crippen LogP contribution in [0.2, 0.25) is 22.4 Å². The van der Waals surface area contributed by atoms with Gasteiger partial charge >= 0.3 is 179 Å². The number of rotatable bonds is 4. The second-order valence-corrected chi connectivity index (χ2v) is 18.6. The van der Waals surface area contributed by atoms with Crippen LogP contribution >= 0.6 is 0 Å². The molecule has 0 saturated heterocycles. The predicted molar refractivity (Wildman–Crippen MR) is 122 cm³/mol. The molecule has 3 rings (SSSR count). The Hall–Kier alpha value is -0.674. The summed E-state index contributed by atoms with van der Waals surface area (Å²) in [5, 5.41) is 0.201. The average Bonchev–Trinajstić information content (AvgIpc) is 2.57. The van der Waals surface area contributed by atoms with Gasteiger partial charge in [0.1, 0.15) is 0 Å². The minimum atomic E-state index is -1.86. The van der Waals surface area contributed by atoms with Gasteiger partial charge in [-0.15, -0.1) is 0 Å². The third-order valence-corrected chi connectivity index (χ3v) is 14.4. The molecule has 0 aromatic heterocycles. The summed E-state index contributed by atoms with van der Waals surface area (Å²) in [5.41, 5.74) is 1.32. The summed E-state index contributed by atoms with van der Waals surface area (Å²) in [4.78, 5) is 13.2. The summed E-state index contributed by atoms with van der Waals surface area (Å²) in [5.74, 6) is 0.330. The molecule has 2 aliphatic rings. The van der Waals surface area contributed by atoms with Crippen molar-refractivity contribution in [1.29, 1.82) is 0 Å². The monoisotopic (exact) mass is 464 g/mol. The molecule has 1 aromatic carbocycles. The molecule has 28 heavy (non-hydrogen) atoms. The predicted octanol–water partition coefficient (Wildman–Crippen LogP) is 5.67. The Kier molecular flexibility index (Phi) is 5.93. The van der Waals surface area contributed by atoms with Crippen LogP contribution in [0.25, 0.3) is 0 Å². The molecular formula is C24H36O2SeSi. The Labute approximate surface area is 178 Å². The van der Waals surface area contributed by atoms with Crippen LogP contribution in [0.5, 0.6) is 0 Å². The van der Waals surface area contributed by atoms with Gasteiger partial charge in [0.2, 0.25) is 0 Å². The SMILES string of the molecule is CC1([Se]c2ccccc2)C[C@@]2(C)C(=CC1=O)CCC[C@@H]2O[Si](C)(C)C(C)(C)C. The summed E-state index contributed by atoms with van der Waals surface area (Å²) >= 11 is 0.120. The maximum absolute atomic E-state index is 13.2. The van der Waals surface area contributed by atoms with Crippen LogP contribution in [0.1, 0.15) is 60.3 Å². The van der Waals surface area contributed by atoms with Gasteiger partial charge in [0.25, 0.3) is 0 Å². The van der Waals surface area contributed by atoms with Gasteiger partial charge in [-0.2, -0.15) is 0 Å². The first kappa shape index (κ1) is 22.0. The van der Waals surface area contributed by atoms with E-state index in [1.807, 2.05) is 12.1 Å². The van der Waals surface area contributed by atoms with Crippen LogP contribution in [0, 0.1) is 5.41 Å². The number of hydrogen-bond donors (Lipinski definition) is 0. The number of allylic oxidation sites excluding steroid dienone is 1. The molecule has 3 atom stereocenters. The van der Waals surface area contributed by atoms with Crippen LogP contribution in [0.15, 0.2) is 42.0 Å². The van der Waals surface area contributed by atoms with Gasteiger partial charge in [-0.1, -0.05) is 0 Å². The van der Waals surface area contributed by atoms with E-state index in [1.54, 1.807) is 0 Å². The Balaban J connectivity index is 1.92. The standard InChI is InChI=1S/C24H36O2SeSi/c1-22(2,3)28(6,7)26-21-15-11-12-18-16-20(25)24(5,17-23(18,21)4)27-19-13-9-8-10-14-19/h8-10,13-14,16,21H,11-12,15,17H2,1-7H3/t21-,23-,24?/m0/s1. The van der Waals surface area contributed by atoms with Crippen LogP contribution in [-0.4, -0.2) is 35.2 Å². The molecule has 1 saturated carbocycles. The van der Waals surface area contributed by atoms with Crippen molar-refractivity contribution in [2.45, 2.75) is 88.9 Å². The first-order valence-electron chi connectivity index (χ1n) is 10.5. The molecule has 0 N–H and O–H groups in total. The molecule has 0 radical (unpaired) electrons. The molecule has 1 fully saturated rings. The maximum atomic E-state index is 13.2. The number of fused-ring (bicyclic) bond motifs is 1. The molecule has 0 spiro atoms. The molecule has 2 aliphatic carbocycles. The van der Waals surface area contributed by atoms with Gasteiger partial charge in [0.15, 0.2) is 0 Å². The third kappa shape index (κ3) is 4.12. The molecule has 0 amide bonds. The van der Waals surface area contributed by atoms with E-state index in [4.69, 9.17) is 4.43 Å². The molecule has 0 aliphatic heterocycles. The van der Waals surface area contributed by atoms with E-state index in [2.05, 4.69) is 72.0 Å². The summed E-state index contributed by atoms with van der Waals surface area (Å²) in [6.07, 6.45) is 6.45. The minimum absolute atomic E-state index is 0.0209. The molecule has 1 unspecified atom stereocenters. The van der Waals surface area contributed by atoms with E-state index in [9.17, 15) is 4.79 Å². The topological polar surface area (TPSA) is 26.3 Å². The van der Waals surface area contributed by atoms with E-state index >= 15 is 0 Å². The van der Waals surface area contributed by atoms with Crippen molar-refractivity contribution >= 4 is 33.5 Å². The van der Waals surface area contributed by atoms with E-state index in [0.29, 0.717) is 5.78 Å². The summed E-state index contributed by atoms with van der Waals surface area (Å²) in [7, 11) is -1.86. The van der Waals surface area contributed by atoms with Gasteiger partial charge in [0, 0.05) is 0 Å². The Morgan fingerprint density at radius 1 is 1.14 bits per heavy atom. The van der Waals surface area contributed by atoms with Crippen molar-refractivity contribution in [3.8, 4) is 0 Å². The van der Waals surface area contributed by atoms with E-state index < -0.39 is 8.32 Å². The third-order valence-electron chi connectivity index (χ3n) is 7.22. The number of ketones is 1. The Morgan fingerprint density at radius 2 is 1.79 bits per heavy atom. The molecule has 0 bridgehead atoms. The molecule has 4 heteroatoms. The van der Waals surface area contributed by atoms with E-state index in [-0.39, 0.29) is 35.8 Å². The molecule has 1 aromatic rings. The van der Waals surface area contributed by atoms with Gasteiger partial charge < -0.3 is 0 Å². The van der Waals surface area contributed by atoms with Crippen molar-refractivity contribution in [3.63, 3.8) is 0 Å². The number of carbonyl (C=O) groups is 1. The number of hydrogen-bond acceptors (Lipinski definition) is 2. The fourth-order valence-electron chi connectivity index (χ4n) is 4.41. The second-order valence-electron chi connectivity index (χ2n) is 10.5. The second kappa shape index (κ2) is 7.54. The Bertz CT molecular complexity index is 765. The Morgan fingerprint density at radius 3 is 2.39 bits per heavy atom. The zero-order valence-electron chi connectivity index (χ0n) is 18.6. The van der Waals surface area contributed by atoms with Gasteiger partial charge in [-0.25, -0.2) is 0 Å². The molecule has 154 valence electrons. The summed E-state index contributed by atoms with van der Waals surface area (Å²) in [6.45, 7) is 16.2. The van der Waals surface area contributed by atoms with Gasteiger partial charge in [0.05, 0.1) is 0 Å². The fourth-order valence-corrected chi connectivity index (χ4v) is 8.67. The average molecular weight is 464 g/mol. The fraction of sp³-hybridized carbons (Fsp3) is 0.625. The van der Waals surface area contributed by atoms with Crippen molar-refractivity contribution in [3.05, 3.63) is 42.0 Å². The quantitative estimate of drug-likeness (QED) is 0.538. The van der Waals surface area contributed by atoms with Crippen LogP contribution < -0.4 is 4.46 Å². The number of carbonyl (C=O) groups excluding carboxylic acids is 1. The van der Waals surface area contributed by atoms with Crippen molar-refractivity contribution < 1.29 is 9.22 Å². The van der Waals surface area contributed by atoms with Crippen molar-refractivity contribution in [2.75, 3.05) is 0 Å². The summed E-state index contributed by atoms with van der Waals surface area (Å²) in [6, 6.07) is 10.6. The van der Waals surface area contributed by atoms with Crippen LogP contribution in [-0.2, 0) is 9.22 Å². The zero-order chi connectivity index (χ0) is 20.8.